The lowest BCUT2D eigenvalue weighted by atomic mass is 10.0. The Bertz CT molecular complexity index is 557. The van der Waals surface area contributed by atoms with Gasteiger partial charge in [-0.3, -0.25) is 11.3 Å². The number of aryl methyl sites for hydroxylation is 1. The molecule has 106 valence electrons. The van der Waals surface area contributed by atoms with E-state index < -0.39 is 0 Å². The summed E-state index contributed by atoms with van der Waals surface area (Å²) in [5.41, 5.74) is 5.43. The van der Waals surface area contributed by atoms with Gasteiger partial charge in [0.25, 0.3) is 0 Å². The molecule has 5 nitrogen and oxygen atoms in total. The Balaban J connectivity index is 1.83. The van der Waals surface area contributed by atoms with Gasteiger partial charge in [0.05, 0.1) is 17.9 Å². The zero-order valence-corrected chi connectivity index (χ0v) is 12.3. The molecule has 0 bridgehead atoms. The third-order valence-electron chi connectivity index (χ3n) is 3.63. The first-order valence-corrected chi connectivity index (χ1v) is 7.80. The summed E-state index contributed by atoms with van der Waals surface area (Å²) in [6.07, 6.45) is 3.88. The topological polar surface area (TPSA) is 68.8 Å². The highest BCUT2D eigenvalue weighted by Crippen LogP contribution is 2.42. The highest BCUT2D eigenvalue weighted by atomic mass is 32.2. The van der Waals surface area contributed by atoms with Crippen molar-refractivity contribution in [1.29, 1.82) is 0 Å². The van der Waals surface area contributed by atoms with Gasteiger partial charge in [-0.15, -0.1) is 16.9 Å². The Morgan fingerprint density at radius 1 is 1.50 bits per heavy atom. The van der Waals surface area contributed by atoms with Crippen molar-refractivity contribution in [3.63, 3.8) is 0 Å². The molecule has 0 saturated carbocycles. The van der Waals surface area contributed by atoms with Crippen LogP contribution in [-0.2, 0) is 13.0 Å². The number of nitrogens with one attached hydrogen (secondary N) is 1. The summed E-state index contributed by atoms with van der Waals surface area (Å²) in [5, 5.41) is 8.58. The Morgan fingerprint density at radius 3 is 3.10 bits per heavy atom. The van der Waals surface area contributed by atoms with E-state index in [2.05, 4.69) is 46.9 Å². The number of hydrogen-bond donors (Lipinski definition) is 2. The predicted molar refractivity (Wildman–Crippen MR) is 80.2 cm³/mol. The van der Waals surface area contributed by atoms with Crippen molar-refractivity contribution in [2.24, 2.45) is 5.84 Å². The fourth-order valence-corrected chi connectivity index (χ4v) is 4.07. The first-order chi connectivity index (χ1) is 9.83. The van der Waals surface area contributed by atoms with Crippen molar-refractivity contribution in [3.05, 3.63) is 41.7 Å². The van der Waals surface area contributed by atoms with E-state index in [1.54, 1.807) is 0 Å². The molecule has 0 amide bonds. The van der Waals surface area contributed by atoms with E-state index >= 15 is 0 Å². The Labute approximate surface area is 122 Å². The number of benzene rings is 1. The summed E-state index contributed by atoms with van der Waals surface area (Å²) in [5.74, 6) is 5.81. The van der Waals surface area contributed by atoms with Gasteiger partial charge in [-0.05, 0) is 24.5 Å². The van der Waals surface area contributed by atoms with Crippen LogP contribution in [-0.4, -0.2) is 20.2 Å². The summed E-state index contributed by atoms with van der Waals surface area (Å²) in [4.78, 5) is 1.35. The van der Waals surface area contributed by atoms with Crippen molar-refractivity contribution >= 4 is 11.8 Å². The molecule has 0 saturated heterocycles. The SMILES string of the molecule is CCCn1nncc1C(NN)C1Cc2ccccc2S1. The van der Waals surface area contributed by atoms with Gasteiger partial charge >= 0.3 is 0 Å². The highest BCUT2D eigenvalue weighted by molar-refractivity contribution is 8.00. The van der Waals surface area contributed by atoms with Crippen molar-refractivity contribution in [3.8, 4) is 0 Å². The van der Waals surface area contributed by atoms with Gasteiger partial charge in [0.15, 0.2) is 0 Å². The molecule has 1 aromatic heterocycles. The molecule has 3 rings (SSSR count). The van der Waals surface area contributed by atoms with Gasteiger partial charge in [0, 0.05) is 16.7 Å². The molecule has 0 fully saturated rings. The normalized spacial score (nSPS) is 19.0. The van der Waals surface area contributed by atoms with E-state index in [9.17, 15) is 0 Å². The molecule has 20 heavy (non-hydrogen) atoms. The van der Waals surface area contributed by atoms with Crippen molar-refractivity contribution in [1.82, 2.24) is 20.4 Å². The van der Waals surface area contributed by atoms with E-state index in [1.807, 2.05) is 22.6 Å². The average molecular weight is 289 g/mol. The van der Waals surface area contributed by atoms with E-state index in [4.69, 9.17) is 5.84 Å². The predicted octanol–water partition coefficient (Wildman–Crippen LogP) is 1.91. The summed E-state index contributed by atoms with van der Waals surface area (Å²) < 4.78 is 1.95. The molecule has 1 aliphatic rings. The Hall–Kier alpha value is -1.37. The van der Waals surface area contributed by atoms with Crippen LogP contribution in [0.4, 0.5) is 0 Å². The van der Waals surface area contributed by atoms with Crippen molar-refractivity contribution < 1.29 is 0 Å². The molecule has 2 unspecified atom stereocenters. The summed E-state index contributed by atoms with van der Waals surface area (Å²) in [6, 6.07) is 8.61. The maximum Gasteiger partial charge on any atom is 0.0781 e. The van der Waals surface area contributed by atoms with Crippen LogP contribution in [0, 0.1) is 0 Å². The van der Waals surface area contributed by atoms with Gasteiger partial charge < -0.3 is 0 Å². The minimum absolute atomic E-state index is 0.0638. The standard InChI is InChI=1S/C14H19N5S/c1-2-7-19-11(9-16-18-19)14(17-15)13-8-10-5-3-4-6-12(10)20-13/h3-6,9,13-14,17H,2,7-8,15H2,1H3. The third kappa shape index (κ3) is 2.46. The summed E-state index contributed by atoms with van der Waals surface area (Å²) in [7, 11) is 0. The molecule has 3 N–H and O–H groups in total. The highest BCUT2D eigenvalue weighted by Gasteiger charge is 2.31. The number of thioether (sulfide) groups is 1. The number of hydrazine groups is 1. The molecule has 0 aliphatic carbocycles. The number of nitrogens with zero attached hydrogens (tertiary/aromatic N) is 3. The Kier molecular flexibility index (Phi) is 4.05. The average Bonchev–Trinajstić information content (AvgIpc) is 3.07. The zero-order chi connectivity index (χ0) is 13.9. The molecule has 0 radical (unpaired) electrons. The van der Waals surface area contributed by atoms with Crippen LogP contribution in [0.5, 0.6) is 0 Å². The molecule has 2 aromatic rings. The van der Waals surface area contributed by atoms with Crippen molar-refractivity contribution in [2.75, 3.05) is 0 Å². The fraction of sp³-hybridized carbons (Fsp3) is 0.429. The van der Waals surface area contributed by atoms with Gasteiger partial charge in [-0.1, -0.05) is 30.3 Å². The van der Waals surface area contributed by atoms with E-state index in [1.165, 1.54) is 10.5 Å². The molecule has 1 aliphatic heterocycles. The summed E-state index contributed by atoms with van der Waals surface area (Å²) in [6.45, 7) is 3.01. The smallest absolute Gasteiger partial charge is 0.0781 e. The maximum absolute atomic E-state index is 5.81. The molecule has 6 heteroatoms. The largest absolute Gasteiger partial charge is 0.271 e. The minimum atomic E-state index is 0.0638. The van der Waals surface area contributed by atoms with Crippen LogP contribution in [0.25, 0.3) is 0 Å². The van der Waals surface area contributed by atoms with E-state index in [-0.39, 0.29) is 6.04 Å². The number of aromatic nitrogens is 3. The fourth-order valence-electron chi connectivity index (χ4n) is 2.67. The lowest BCUT2D eigenvalue weighted by Crippen LogP contribution is -2.36. The first kappa shape index (κ1) is 13.6. The molecule has 0 spiro atoms. The molecular formula is C14H19N5S. The summed E-state index contributed by atoms with van der Waals surface area (Å²) >= 11 is 1.88. The second-order valence-electron chi connectivity index (χ2n) is 4.99. The number of hydrogen-bond acceptors (Lipinski definition) is 5. The number of nitrogens with two attached hydrogens (primary N) is 1. The molecule has 2 atom stereocenters. The van der Waals surface area contributed by atoms with Crippen LogP contribution in [0.1, 0.15) is 30.6 Å². The van der Waals surface area contributed by atoms with Crippen molar-refractivity contribution in [2.45, 2.75) is 42.5 Å². The Morgan fingerprint density at radius 2 is 2.35 bits per heavy atom. The lowest BCUT2D eigenvalue weighted by molar-refractivity contribution is 0.465. The molecule has 2 heterocycles. The van der Waals surface area contributed by atoms with Crippen LogP contribution >= 0.6 is 11.8 Å². The number of fused-ring (bicyclic) bond motifs is 1. The first-order valence-electron chi connectivity index (χ1n) is 6.92. The van der Waals surface area contributed by atoms with E-state index in [0.717, 1.165) is 25.1 Å². The van der Waals surface area contributed by atoms with Gasteiger partial charge in [-0.25, -0.2) is 4.68 Å². The van der Waals surface area contributed by atoms with E-state index in [0.29, 0.717) is 5.25 Å². The lowest BCUT2D eigenvalue weighted by Gasteiger charge is -2.22. The number of rotatable bonds is 5. The molecular weight excluding hydrogens is 270 g/mol. The van der Waals surface area contributed by atoms with Gasteiger partial charge in [0.2, 0.25) is 0 Å². The second-order valence-corrected chi connectivity index (χ2v) is 6.28. The third-order valence-corrected chi connectivity index (χ3v) is 5.02. The molecule has 1 aromatic carbocycles. The van der Waals surface area contributed by atoms with Crippen LogP contribution in [0.3, 0.4) is 0 Å². The van der Waals surface area contributed by atoms with Crippen LogP contribution < -0.4 is 11.3 Å². The van der Waals surface area contributed by atoms with Gasteiger partial charge in [-0.2, -0.15) is 0 Å². The maximum atomic E-state index is 5.81. The minimum Gasteiger partial charge on any atom is -0.271 e. The van der Waals surface area contributed by atoms with Gasteiger partial charge in [0.1, 0.15) is 0 Å². The quantitative estimate of drug-likeness (QED) is 0.650. The zero-order valence-electron chi connectivity index (χ0n) is 11.5. The monoisotopic (exact) mass is 289 g/mol. The van der Waals surface area contributed by atoms with Crippen LogP contribution in [0.15, 0.2) is 35.4 Å². The second kappa shape index (κ2) is 5.95. The van der Waals surface area contributed by atoms with Crippen LogP contribution in [0.2, 0.25) is 0 Å².